The molecule has 1 aliphatic heterocycles. The molecule has 3 rings (SSSR count). The highest BCUT2D eigenvalue weighted by Gasteiger charge is 2.38. The van der Waals surface area contributed by atoms with Gasteiger partial charge in [-0.2, -0.15) is 0 Å². The van der Waals surface area contributed by atoms with Crippen LogP contribution in [0.15, 0.2) is 53.5 Å². The van der Waals surface area contributed by atoms with E-state index in [0.717, 1.165) is 5.56 Å². The van der Waals surface area contributed by atoms with Crippen LogP contribution in [0, 0.1) is 12.8 Å². The molecule has 0 bridgehead atoms. The minimum atomic E-state index is -1.06. The Bertz CT molecular complexity index is 880. The van der Waals surface area contributed by atoms with Crippen molar-refractivity contribution in [3.63, 3.8) is 0 Å². The molecular formula is C18H14ClN3O2S. The van der Waals surface area contributed by atoms with Crippen molar-refractivity contribution in [2.24, 2.45) is 10.9 Å². The molecule has 0 aliphatic carbocycles. The number of nitrogens with one attached hydrogen (secondary N) is 1. The second-order valence-corrected chi connectivity index (χ2v) is 6.36. The first-order chi connectivity index (χ1) is 12.0. The standard InChI is InChI=1S/C18H14ClN3O2S/c1-11-5-7-14(8-6-11)22-17(24)15(16(23)21-18(22)25)10-20-13-4-2-3-12(19)9-13/h2-10,15H,1H3,(H,21,23,25)/t15-/m1/s1. The molecule has 0 spiro atoms. The van der Waals surface area contributed by atoms with Gasteiger partial charge in [0, 0.05) is 11.2 Å². The average Bonchev–Trinajstić information content (AvgIpc) is 2.56. The van der Waals surface area contributed by atoms with Gasteiger partial charge in [-0.25, -0.2) is 0 Å². The minimum absolute atomic E-state index is 0.0614. The van der Waals surface area contributed by atoms with E-state index >= 15 is 0 Å². The van der Waals surface area contributed by atoms with Gasteiger partial charge in [0.05, 0.1) is 11.4 Å². The van der Waals surface area contributed by atoms with Gasteiger partial charge in [-0.3, -0.25) is 19.5 Å². The van der Waals surface area contributed by atoms with Crippen molar-refractivity contribution in [1.82, 2.24) is 5.32 Å². The summed E-state index contributed by atoms with van der Waals surface area (Å²) in [5.74, 6) is -2.00. The van der Waals surface area contributed by atoms with Gasteiger partial charge < -0.3 is 5.32 Å². The molecule has 2 aromatic carbocycles. The van der Waals surface area contributed by atoms with Gasteiger partial charge in [-0.05, 0) is 49.5 Å². The summed E-state index contributed by atoms with van der Waals surface area (Å²) in [5, 5.41) is 3.14. The molecule has 1 atom stereocenters. The van der Waals surface area contributed by atoms with E-state index in [4.69, 9.17) is 23.8 Å². The Morgan fingerprint density at radius 1 is 1.20 bits per heavy atom. The van der Waals surface area contributed by atoms with Crippen LogP contribution in [-0.4, -0.2) is 23.1 Å². The third kappa shape index (κ3) is 3.75. The molecule has 1 heterocycles. The maximum Gasteiger partial charge on any atom is 0.251 e. The van der Waals surface area contributed by atoms with Crippen LogP contribution in [0.25, 0.3) is 0 Å². The summed E-state index contributed by atoms with van der Waals surface area (Å²) in [6, 6.07) is 14.1. The van der Waals surface area contributed by atoms with Crippen LogP contribution in [0.3, 0.4) is 0 Å². The fourth-order valence-electron chi connectivity index (χ4n) is 2.38. The van der Waals surface area contributed by atoms with E-state index in [0.29, 0.717) is 16.4 Å². The molecule has 0 aromatic heterocycles. The monoisotopic (exact) mass is 371 g/mol. The summed E-state index contributed by atoms with van der Waals surface area (Å²) >= 11 is 11.1. The van der Waals surface area contributed by atoms with Crippen LogP contribution in [0.4, 0.5) is 11.4 Å². The summed E-state index contributed by atoms with van der Waals surface area (Å²) in [5.41, 5.74) is 2.21. The Labute approximate surface area is 155 Å². The van der Waals surface area contributed by atoms with Gasteiger partial charge >= 0.3 is 0 Å². The number of hydrogen-bond donors (Lipinski definition) is 1. The lowest BCUT2D eigenvalue weighted by atomic mass is 10.1. The lowest BCUT2D eigenvalue weighted by molar-refractivity contribution is -0.130. The zero-order valence-electron chi connectivity index (χ0n) is 13.3. The Kier molecular flexibility index (Phi) is 4.92. The van der Waals surface area contributed by atoms with Crippen molar-refractivity contribution in [3.8, 4) is 0 Å². The van der Waals surface area contributed by atoms with Crippen molar-refractivity contribution in [2.75, 3.05) is 4.90 Å². The van der Waals surface area contributed by atoms with Crippen LogP contribution in [-0.2, 0) is 9.59 Å². The highest BCUT2D eigenvalue weighted by molar-refractivity contribution is 7.80. The van der Waals surface area contributed by atoms with E-state index in [9.17, 15) is 9.59 Å². The van der Waals surface area contributed by atoms with Gasteiger partial charge in [0.1, 0.15) is 0 Å². The van der Waals surface area contributed by atoms with Crippen molar-refractivity contribution >= 4 is 58.3 Å². The van der Waals surface area contributed by atoms with Crippen LogP contribution in [0.1, 0.15) is 5.56 Å². The molecular weight excluding hydrogens is 358 g/mol. The van der Waals surface area contributed by atoms with Gasteiger partial charge in [0.2, 0.25) is 5.91 Å². The lowest BCUT2D eigenvalue weighted by Gasteiger charge is -2.30. The predicted molar refractivity (Wildman–Crippen MR) is 102 cm³/mol. The van der Waals surface area contributed by atoms with Gasteiger partial charge in [-0.15, -0.1) is 0 Å². The van der Waals surface area contributed by atoms with Crippen molar-refractivity contribution in [1.29, 1.82) is 0 Å². The number of nitrogens with zero attached hydrogens (tertiary/aromatic N) is 2. The molecule has 7 heteroatoms. The van der Waals surface area contributed by atoms with Gasteiger partial charge in [0.25, 0.3) is 5.91 Å². The third-order valence-electron chi connectivity index (χ3n) is 3.68. The Balaban J connectivity index is 1.89. The highest BCUT2D eigenvalue weighted by Crippen LogP contribution is 2.22. The maximum absolute atomic E-state index is 12.8. The van der Waals surface area contributed by atoms with E-state index in [1.165, 1.54) is 11.1 Å². The topological polar surface area (TPSA) is 61.8 Å². The molecule has 1 N–H and O–H groups in total. The Hall–Kier alpha value is -2.57. The zero-order valence-corrected chi connectivity index (χ0v) is 14.8. The Morgan fingerprint density at radius 3 is 2.60 bits per heavy atom. The van der Waals surface area contributed by atoms with E-state index in [1.54, 1.807) is 36.4 Å². The largest absolute Gasteiger partial charge is 0.301 e. The molecule has 1 aliphatic rings. The van der Waals surface area contributed by atoms with E-state index in [2.05, 4.69) is 10.3 Å². The molecule has 25 heavy (non-hydrogen) atoms. The zero-order chi connectivity index (χ0) is 18.0. The first-order valence-electron chi connectivity index (χ1n) is 7.51. The molecule has 0 unspecified atom stereocenters. The smallest absolute Gasteiger partial charge is 0.251 e. The van der Waals surface area contributed by atoms with E-state index in [-0.39, 0.29) is 5.11 Å². The molecule has 5 nitrogen and oxygen atoms in total. The second kappa shape index (κ2) is 7.13. The number of hydrogen-bond acceptors (Lipinski definition) is 4. The molecule has 1 fully saturated rings. The molecule has 0 radical (unpaired) electrons. The first-order valence-corrected chi connectivity index (χ1v) is 8.29. The summed E-state index contributed by atoms with van der Waals surface area (Å²) in [6.07, 6.45) is 1.31. The third-order valence-corrected chi connectivity index (χ3v) is 4.19. The molecule has 2 aromatic rings. The Morgan fingerprint density at radius 2 is 1.92 bits per heavy atom. The number of benzene rings is 2. The summed E-state index contributed by atoms with van der Waals surface area (Å²) in [7, 11) is 0. The van der Waals surface area contributed by atoms with Crippen molar-refractivity contribution in [3.05, 3.63) is 59.1 Å². The number of carbonyl (C=O) groups is 2. The van der Waals surface area contributed by atoms with E-state index in [1.807, 2.05) is 19.1 Å². The number of thiocarbonyl (C=S) groups is 1. The molecule has 2 amide bonds. The number of aliphatic imine (C=N–C) groups is 1. The lowest BCUT2D eigenvalue weighted by Crippen LogP contribution is -2.58. The summed E-state index contributed by atoms with van der Waals surface area (Å²) < 4.78 is 0. The van der Waals surface area contributed by atoms with Gasteiger partial charge in [-0.1, -0.05) is 35.4 Å². The SMILES string of the molecule is Cc1ccc(N2C(=O)[C@H](C=Nc3cccc(Cl)c3)C(=O)NC2=S)cc1. The molecule has 126 valence electrons. The fraction of sp³-hybridized carbons (Fsp3) is 0.111. The van der Waals surface area contributed by atoms with Crippen LogP contribution in [0.5, 0.6) is 0 Å². The number of amides is 2. The number of rotatable bonds is 3. The average molecular weight is 372 g/mol. The van der Waals surface area contributed by atoms with Gasteiger partial charge in [0.15, 0.2) is 11.0 Å². The predicted octanol–water partition coefficient (Wildman–Crippen LogP) is 3.41. The maximum atomic E-state index is 12.8. The quantitative estimate of drug-likeness (QED) is 0.511. The summed E-state index contributed by atoms with van der Waals surface area (Å²) in [6.45, 7) is 1.95. The van der Waals surface area contributed by atoms with Crippen molar-refractivity contribution < 1.29 is 9.59 Å². The number of halogens is 1. The highest BCUT2D eigenvalue weighted by atomic mass is 35.5. The first kappa shape index (κ1) is 17.3. The minimum Gasteiger partial charge on any atom is -0.301 e. The number of anilines is 1. The van der Waals surface area contributed by atoms with Crippen LogP contribution >= 0.6 is 23.8 Å². The number of carbonyl (C=O) groups excluding carboxylic acids is 2. The van der Waals surface area contributed by atoms with Crippen LogP contribution < -0.4 is 10.2 Å². The summed E-state index contributed by atoms with van der Waals surface area (Å²) in [4.78, 5) is 30.5. The second-order valence-electron chi connectivity index (χ2n) is 5.54. The molecule has 1 saturated heterocycles. The van der Waals surface area contributed by atoms with E-state index < -0.39 is 17.7 Å². The number of aryl methyl sites for hydroxylation is 1. The van der Waals surface area contributed by atoms with Crippen LogP contribution in [0.2, 0.25) is 5.02 Å². The molecule has 0 saturated carbocycles. The fourth-order valence-corrected chi connectivity index (χ4v) is 2.86. The normalized spacial score (nSPS) is 17.9. The van der Waals surface area contributed by atoms with Crippen molar-refractivity contribution in [2.45, 2.75) is 6.92 Å².